The van der Waals surface area contributed by atoms with E-state index in [-0.39, 0.29) is 5.78 Å². The van der Waals surface area contributed by atoms with Gasteiger partial charge in [-0.15, -0.1) is 11.8 Å². The predicted octanol–water partition coefficient (Wildman–Crippen LogP) is 3.67. The van der Waals surface area contributed by atoms with Crippen LogP contribution in [0.5, 0.6) is 0 Å². The van der Waals surface area contributed by atoms with Gasteiger partial charge in [-0.05, 0) is 17.7 Å². The van der Waals surface area contributed by atoms with Crippen molar-refractivity contribution in [1.82, 2.24) is 0 Å². The number of ketones is 1. The van der Waals surface area contributed by atoms with Gasteiger partial charge >= 0.3 is 0 Å². The molecule has 3 heteroatoms. The largest absolute Gasteiger partial charge is 0.293 e. The average molecular weight is 267 g/mol. The quantitative estimate of drug-likeness (QED) is 0.776. The molecule has 0 bridgehead atoms. The average Bonchev–Trinajstić information content (AvgIpc) is 2.48. The Morgan fingerprint density at radius 3 is 2.63 bits per heavy atom. The highest BCUT2D eigenvalue weighted by Crippen LogP contribution is 2.15. The summed E-state index contributed by atoms with van der Waals surface area (Å²) in [7, 11) is 0. The van der Waals surface area contributed by atoms with Crippen LogP contribution in [0.2, 0.25) is 0 Å². The first-order chi connectivity index (χ1) is 9.29. The molecule has 2 nitrogen and oxygen atoms in total. The molecule has 0 saturated carbocycles. The maximum atomic E-state index is 11.9. The third-order valence-corrected chi connectivity index (χ3v) is 3.66. The summed E-state index contributed by atoms with van der Waals surface area (Å²) in [5.74, 6) is 1.34. The van der Waals surface area contributed by atoms with E-state index in [0.29, 0.717) is 11.3 Å². The van der Waals surface area contributed by atoms with Crippen molar-refractivity contribution in [3.8, 4) is 6.07 Å². The zero-order valence-electron chi connectivity index (χ0n) is 10.4. The van der Waals surface area contributed by atoms with E-state index in [1.165, 1.54) is 0 Å². The normalized spacial score (nSPS) is 9.84. The van der Waals surface area contributed by atoms with Crippen LogP contribution in [0.3, 0.4) is 0 Å². The summed E-state index contributed by atoms with van der Waals surface area (Å²) >= 11 is 1.57. The lowest BCUT2D eigenvalue weighted by Crippen LogP contribution is -2.02. The molecular formula is C16H13NOS. The number of hydrogen-bond donors (Lipinski definition) is 0. The van der Waals surface area contributed by atoms with Gasteiger partial charge in [0.2, 0.25) is 0 Å². The third-order valence-electron chi connectivity index (χ3n) is 2.65. The summed E-state index contributed by atoms with van der Waals surface area (Å²) in [5, 5.41) is 8.81. The number of hydrogen-bond acceptors (Lipinski definition) is 3. The minimum absolute atomic E-state index is 0.141. The molecule has 0 heterocycles. The van der Waals surface area contributed by atoms with Crippen molar-refractivity contribution in [1.29, 1.82) is 5.26 Å². The Morgan fingerprint density at radius 2 is 1.89 bits per heavy atom. The summed E-state index contributed by atoms with van der Waals surface area (Å²) < 4.78 is 0. The molecule has 0 amide bonds. The highest BCUT2D eigenvalue weighted by atomic mass is 32.2. The second-order valence-corrected chi connectivity index (χ2v) is 5.08. The van der Waals surface area contributed by atoms with Crippen LogP contribution in [0.1, 0.15) is 21.5 Å². The van der Waals surface area contributed by atoms with Gasteiger partial charge in [-0.25, -0.2) is 0 Å². The molecule has 0 radical (unpaired) electrons. The van der Waals surface area contributed by atoms with Crippen LogP contribution >= 0.6 is 11.8 Å². The topological polar surface area (TPSA) is 40.9 Å². The molecule has 0 unspecified atom stereocenters. The summed E-state index contributed by atoms with van der Waals surface area (Å²) in [6.07, 6.45) is 0. The Labute approximate surface area is 117 Å². The lowest BCUT2D eigenvalue weighted by Gasteiger charge is -2.02. The smallest absolute Gasteiger partial charge is 0.172 e. The molecule has 0 fully saturated rings. The van der Waals surface area contributed by atoms with Gasteiger partial charge in [0.05, 0.1) is 17.4 Å². The molecule has 0 aliphatic heterocycles. The van der Waals surface area contributed by atoms with Crippen LogP contribution in [0.25, 0.3) is 0 Å². The number of thioether (sulfide) groups is 1. The van der Waals surface area contributed by atoms with E-state index in [1.54, 1.807) is 17.8 Å². The fourth-order valence-electron chi connectivity index (χ4n) is 1.70. The van der Waals surface area contributed by atoms with Crippen molar-refractivity contribution in [2.45, 2.75) is 5.75 Å². The fraction of sp³-hybridized carbons (Fsp3) is 0.125. The summed E-state index contributed by atoms with van der Waals surface area (Å²) in [6, 6.07) is 18.9. The fourth-order valence-corrected chi connectivity index (χ4v) is 2.57. The number of nitrogens with zero attached hydrogens (tertiary/aromatic N) is 1. The maximum Gasteiger partial charge on any atom is 0.172 e. The van der Waals surface area contributed by atoms with Crippen molar-refractivity contribution >= 4 is 17.5 Å². The number of carbonyl (C=O) groups excluding carboxylic acids is 1. The highest BCUT2D eigenvalue weighted by molar-refractivity contribution is 7.99. The standard InChI is InChI=1S/C16H13NOS/c17-10-13-5-4-6-14(9-13)11-19-12-16(18)15-7-2-1-3-8-15/h1-9H,11-12H2. The third kappa shape index (κ3) is 3.97. The van der Waals surface area contributed by atoms with Crippen LogP contribution in [0.4, 0.5) is 0 Å². The Bertz CT molecular complexity index is 602. The molecule has 0 aliphatic carbocycles. The van der Waals surface area contributed by atoms with Crippen molar-refractivity contribution in [3.05, 3.63) is 71.3 Å². The van der Waals surface area contributed by atoms with Crippen LogP contribution < -0.4 is 0 Å². The Morgan fingerprint density at radius 1 is 1.11 bits per heavy atom. The van der Waals surface area contributed by atoms with Crippen LogP contribution in [0, 0.1) is 11.3 Å². The summed E-state index contributed by atoms with van der Waals surface area (Å²) in [4.78, 5) is 11.9. The zero-order chi connectivity index (χ0) is 13.5. The van der Waals surface area contributed by atoms with E-state index in [9.17, 15) is 4.79 Å². The van der Waals surface area contributed by atoms with Crippen molar-refractivity contribution in [2.24, 2.45) is 0 Å². The summed E-state index contributed by atoms with van der Waals surface area (Å²) in [6.45, 7) is 0. The number of Topliss-reactive ketones (excluding diaryl/α,β-unsaturated/α-hetero) is 1. The Hall–Kier alpha value is -2.05. The van der Waals surface area contributed by atoms with Gasteiger partial charge in [0, 0.05) is 11.3 Å². The van der Waals surface area contributed by atoms with Crippen molar-refractivity contribution < 1.29 is 4.79 Å². The van der Waals surface area contributed by atoms with Gasteiger partial charge in [0.1, 0.15) is 0 Å². The van der Waals surface area contributed by atoms with Gasteiger partial charge in [0.15, 0.2) is 5.78 Å². The van der Waals surface area contributed by atoms with E-state index in [4.69, 9.17) is 5.26 Å². The lowest BCUT2D eigenvalue weighted by atomic mass is 10.1. The van der Waals surface area contributed by atoms with Crippen LogP contribution in [-0.2, 0) is 5.75 Å². The van der Waals surface area contributed by atoms with E-state index in [0.717, 1.165) is 16.9 Å². The van der Waals surface area contributed by atoms with Crippen molar-refractivity contribution in [3.63, 3.8) is 0 Å². The minimum atomic E-state index is 0.141. The number of nitriles is 1. The second kappa shape index (κ2) is 6.77. The lowest BCUT2D eigenvalue weighted by molar-refractivity contribution is 0.102. The molecule has 19 heavy (non-hydrogen) atoms. The first-order valence-corrected chi connectivity index (χ1v) is 7.10. The van der Waals surface area contributed by atoms with Crippen LogP contribution in [0.15, 0.2) is 54.6 Å². The first kappa shape index (κ1) is 13.4. The Balaban J connectivity index is 1.87. The molecule has 94 valence electrons. The maximum absolute atomic E-state index is 11.9. The monoisotopic (exact) mass is 267 g/mol. The molecule has 0 spiro atoms. The molecule has 2 aromatic carbocycles. The van der Waals surface area contributed by atoms with Gasteiger partial charge in [0.25, 0.3) is 0 Å². The molecule has 0 N–H and O–H groups in total. The van der Waals surface area contributed by atoms with Gasteiger partial charge in [-0.3, -0.25) is 4.79 Å². The first-order valence-electron chi connectivity index (χ1n) is 5.94. The molecule has 2 aromatic rings. The van der Waals surface area contributed by atoms with E-state index in [1.807, 2.05) is 48.5 Å². The van der Waals surface area contributed by atoms with Gasteiger partial charge in [-0.2, -0.15) is 5.26 Å². The highest BCUT2D eigenvalue weighted by Gasteiger charge is 2.05. The summed E-state index contributed by atoms with van der Waals surface area (Å²) in [5.41, 5.74) is 2.48. The Kier molecular flexibility index (Phi) is 4.77. The molecule has 0 atom stereocenters. The predicted molar refractivity (Wildman–Crippen MR) is 78.1 cm³/mol. The molecule has 0 aromatic heterocycles. The number of benzene rings is 2. The van der Waals surface area contributed by atoms with Gasteiger partial charge < -0.3 is 0 Å². The minimum Gasteiger partial charge on any atom is -0.293 e. The molecule has 0 aliphatic rings. The SMILES string of the molecule is N#Cc1cccc(CSCC(=O)c2ccccc2)c1. The number of rotatable bonds is 5. The molecule has 2 rings (SSSR count). The van der Waals surface area contributed by atoms with E-state index < -0.39 is 0 Å². The van der Waals surface area contributed by atoms with E-state index in [2.05, 4.69) is 6.07 Å². The second-order valence-electron chi connectivity index (χ2n) is 4.09. The number of carbonyl (C=O) groups is 1. The van der Waals surface area contributed by atoms with Crippen LogP contribution in [-0.4, -0.2) is 11.5 Å². The van der Waals surface area contributed by atoms with Gasteiger partial charge in [-0.1, -0.05) is 42.5 Å². The van der Waals surface area contributed by atoms with E-state index >= 15 is 0 Å². The molecular weight excluding hydrogens is 254 g/mol. The zero-order valence-corrected chi connectivity index (χ0v) is 11.2. The van der Waals surface area contributed by atoms with Crippen molar-refractivity contribution in [2.75, 3.05) is 5.75 Å². The molecule has 0 saturated heterocycles.